The van der Waals surface area contributed by atoms with Crippen molar-refractivity contribution in [3.63, 3.8) is 0 Å². The summed E-state index contributed by atoms with van der Waals surface area (Å²) in [5.41, 5.74) is -0.214. The first kappa shape index (κ1) is 16.8. The van der Waals surface area contributed by atoms with Crippen LogP contribution in [0.3, 0.4) is 0 Å². The molecule has 114 valence electrons. The van der Waals surface area contributed by atoms with E-state index >= 15 is 0 Å². The molecule has 1 unspecified atom stereocenters. The second kappa shape index (κ2) is 8.12. The highest BCUT2D eigenvalue weighted by Crippen LogP contribution is 2.27. The van der Waals surface area contributed by atoms with Gasteiger partial charge in [0, 0.05) is 6.04 Å². The quantitative estimate of drug-likeness (QED) is 0.660. The molecule has 1 atom stereocenters. The molecule has 1 N–H and O–H groups in total. The molecule has 1 aromatic heterocycles. The lowest BCUT2D eigenvalue weighted by Crippen LogP contribution is -2.15. The Morgan fingerprint density at radius 3 is 2.40 bits per heavy atom. The Kier molecular flexibility index (Phi) is 6.82. The van der Waals surface area contributed by atoms with Crippen LogP contribution in [0.15, 0.2) is 18.3 Å². The minimum atomic E-state index is -4.37. The average molecular weight is 288 g/mol. The largest absolute Gasteiger partial charge is 0.433 e. The zero-order valence-corrected chi connectivity index (χ0v) is 12.1. The first-order valence-corrected chi connectivity index (χ1v) is 7.23. The van der Waals surface area contributed by atoms with Crippen LogP contribution in [0.4, 0.5) is 18.9 Å². The lowest BCUT2D eigenvalue weighted by Gasteiger charge is -2.15. The van der Waals surface area contributed by atoms with Crippen molar-refractivity contribution >= 4 is 5.69 Å². The number of unbranched alkanes of at least 4 members (excludes halogenated alkanes) is 4. The molecule has 0 aromatic carbocycles. The standard InChI is InChI=1S/C15H23F3N2/c1-3-4-5-6-7-8-12(2)20-13-9-10-14(19-11-13)15(16,17)18/h9-12,20H,3-8H2,1-2H3. The molecule has 0 bridgehead atoms. The number of rotatable bonds is 8. The molecule has 1 aromatic rings. The molecule has 0 aliphatic carbocycles. The summed E-state index contributed by atoms with van der Waals surface area (Å²) >= 11 is 0. The first-order chi connectivity index (χ1) is 9.43. The van der Waals surface area contributed by atoms with Gasteiger partial charge in [-0.1, -0.05) is 39.0 Å². The Morgan fingerprint density at radius 2 is 1.85 bits per heavy atom. The predicted octanol–water partition coefficient (Wildman–Crippen LogP) is 5.26. The van der Waals surface area contributed by atoms with Crippen LogP contribution in [-0.2, 0) is 6.18 Å². The summed E-state index contributed by atoms with van der Waals surface area (Å²) in [5, 5.41) is 3.18. The maximum atomic E-state index is 12.4. The number of aromatic nitrogens is 1. The van der Waals surface area contributed by atoms with Crippen LogP contribution in [0.1, 0.15) is 58.1 Å². The smallest absolute Gasteiger partial charge is 0.381 e. The van der Waals surface area contributed by atoms with Gasteiger partial charge < -0.3 is 5.32 Å². The summed E-state index contributed by atoms with van der Waals surface area (Å²) in [6, 6.07) is 2.69. The van der Waals surface area contributed by atoms with E-state index in [1.807, 2.05) is 6.92 Å². The molecule has 0 amide bonds. The lowest BCUT2D eigenvalue weighted by atomic mass is 10.1. The molecule has 0 saturated carbocycles. The zero-order chi connectivity index (χ0) is 15.0. The number of pyridine rings is 1. The van der Waals surface area contributed by atoms with E-state index in [-0.39, 0.29) is 6.04 Å². The average Bonchev–Trinajstić information content (AvgIpc) is 2.38. The Bertz CT molecular complexity index is 374. The van der Waals surface area contributed by atoms with Gasteiger partial charge in [-0.3, -0.25) is 0 Å². The molecule has 2 nitrogen and oxygen atoms in total. The van der Waals surface area contributed by atoms with Crippen molar-refractivity contribution in [3.05, 3.63) is 24.0 Å². The normalized spacial score (nSPS) is 13.2. The highest BCUT2D eigenvalue weighted by Gasteiger charge is 2.31. The molecule has 0 saturated heterocycles. The summed E-state index contributed by atoms with van der Waals surface area (Å²) < 4.78 is 37.1. The molecule has 1 heterocycles. The molecule has 0 fully saturated rings. The van der Waals surface area contributed by atoms with Crippen molar-refractivity contribution in [1.82, 2.24) is 4.98 Å². The van der Waals surface area contributed by atoms with Crippen molar-refractivity contribution in [1.29, 1.82) is 0 Å². The minimum absolute atomic E-state index is 0.246. The first-order valence-electron chi connectivity index (χ1n) is 7.23. The maximum Gasteiger partial charge on any atom is 0.433 e. The monoisotopic (exact) mass is 288 g/mol. The number of hydrogen-bond acceptors (Lipinski definition) is 2. The van der Waals surface area contributed by atoms with Crippen molar-refractivity contribution in [3.8, 4) is 0 Å². The third kappa shape index (κ3) is 6.26. The van der Waals surface area contributed by atoms with Crippen LogP contribution in [0.25, 0.3) is 0 Å². The highest BCUT2D eigenvalue weighted by molar-refractivity contribution is 5.42. The fraction of sp³-hybridized carbons (Fsp3) is 0.667. The van der Waals surface area contributed by atoms with Crippen LogP contribution in [-0.4, -0.2) is 11.0 Å². The van der Waals surface area contributed by atoms with Crippen LogP contribution < -0.4 is 5.32 Å². The van der Waals surface area contributed by atoms with Gasteiger partial charge in [0.2, 0.25) is 0 Å². The molecule has 0 aliphatic heterocycles. The Labute approximate surface area is 118 Å². The van der Waals surface area contributed by atoms with Gasteiger partial charge in [0.05, 0.1) is 11.9 Å². The lowest BCUT2D eigenvalue weighted by molar-refractivity contribution is -0.141. The van der Waals surface area contributed by atoms with Gasteiger partial charge in [0.1, 0.15) is 5.69 Å². The third-order valence-corrected chi connectivity index (χ3v) is 3.21. The van der Waals surface area contributed by atoms with Gasteiger partial charge in [-0.15, -0.1) is 0 Å². The topological polar surface area (TPSA) is 24.9 Å². The summed E-state index contributed by atoms with van der Waals surface area (Å²) in [4.78, 5) is 3.44. The Morgan fingerprint density at radius 1 is 1.15 bits per heavy atom. The van der Waals surface area contributed by atoms with Crippen LogP contribution in [0.2, 0.25) is 0 Å². The van der Waals surface area contributed by atoms with E-state index in [9.17, 15) is 13.2 Å². The number of halogens is 3. The maximum absolute atomic E-state index is 12.4. The van der Waals surface area contributed by atoms with Crippen molar-refractivity contribution in [2.75, 3.05) is 5.32 Å². The molecule has 0 aliphatic rings. The SMILES string of the molecule is CCCCCCCC(C)Nc1ccc(C(F)(F)F)nc1. The van der Waals surface area contributed by atoms with Crippen LogP contribution >= 0.6 is 0 Å². The molecule has 5 heteroatoms. The molecular formula is C15H23F3N2. The van der Waals surface area contributed by atoms with Crippen molar-refractivity contribution in [2.45, 2.75) is 64.6 Å². The van der Waals surface area contributed by atoms with Gasteiger partial charge in [-0.2, -0.15) is 13.2 Å². The Balaban J connectivity index is 2.33. The van der Waals surface area contributed by atoms with E-state index in [0.717, 1.165) is 18.9 Å². The summed E-state index contributed by atoms with van der Waals surface area (Å²) in [7, 11) is 0. The second-order valence-corrected chi connectivity index (χ2v) is 5.18. The summed E-state index contributed by atoms with van der Waals surface area (Å²) in [6.45, 7) is 4.22. The number of anilines is 1. The molecular weight excluding hydrogens is 265 g/mol. The zero-order valence-electron chi connectivity index (χ0n) is 12.1. The highest BCUT2D eigenvalue weighted by atomic mass is 19.4. The Hall–Kier alpha value is -1.26. The number of nitrogens with one attached hydrogen (secondary N) is 1. The van der Waals surface area contributed by atoms with E-state index in [1.165, 1.54) is 37.9 Å². The van der Waals surface area contributed by atoms with Gasteiger partial charge in [-0.25, -0.2) is 4.98 Å². The van der Waals surface area contributed by atoms with Crippen LogP contribution in [0.5, 0.6) is 0 Å². The minimum Gasteiger partial charge on any atom is -0.381 e. The summed E-state index contributed by atoms with van der Waals surface area (Å²) in [6.07, 6.45) is 4.00. The van der Waals surface area contributed by atoms with E-state index in [2.05, 4.69) is 17.2 Å². The van der Waals surface area contributed by atoms with E-state index < -0.39 is 11.9 Å². The van der Waals surface area contributed by atoms with Gasteiger partial charge in [0.15, 0.2) is 0 Å². The predicted molar refractivity (Wildman–Crippen MR) is 75.7 cm³/mol. The molecule has 1 rings (SSSR count). The van der Waals surface area contributed by atoms with E-state index in [0.29, 0.717) is 5.69 Å². The fourth-order valence-corrected chi connectivity index (χ4v) is 2.06. The number of nitrogens with zero attached hydrogens (tertiary/aromatic N) is 1. The van der Waals surface area contributed by atoms with Gasteiger partial charge in [-0.05, 0) is 25.5 Å². The van der Waals surface area contributed by atoms with E-state index in [1.54, 1.807) is 0 Å². The third-order valence-electron chi connectivity index (χ3n) is 3.21. The second-order valence-electron chi connectivity index (χ2n) is 5.18. The molecule has 20 heavy (non-hydrogen) atoms. The van der Waals surface area contributed by atoms with Gasteiger partial charge >= 0.3 is 6.18 Å². The van der Waals surface area contributed by atoms with E-state index in [4.69, 9.17) is 0 Å². The van der Waals surface area contributed by atoms with Gasteiger partial charge in [0.25, 0.3) is 0 Å². The van der Waals surface area contributed by atoms with Crippen molar-refractivity contribution < 1.29 is 13.2 Å². The number of alkyl halides is 3. The number of hydrogen-bond donors (Lipinski definition) is 1. The fourth-order valence-electron chi connectivity index (χ4n) is 2.06. The summed E-state index contributed by atoms with van der Waals surface area (Å²) in [5.74, 6) is 0. The molecule has 0 spiro atoms. The van der Waals surface area contributed by atoms with Crippen molar-refractivity contribution in [2.24, 2.45) is 0 Å². The van der Waals surface area contributed by atoms with Crippen LogP contribution in [0, 0.1) is 0 Å². The molecule has 0 radical (unpaired) electrons.